The molecule has 6 N–H and O–H groups in total. The molecule has 0 radical (unpaired) electrons. The first-order valence-electron chi connectivity index (χ1n) is 6.33. The van der Waals surface area contributed by atoms with Gasteiger partial charge in [0.2, 0.25) is 0 Å². The Morgan fingerprint density at radius 1 is 1.33 bits per heavy atom. The predicted molar refractivity (Wildman–Crippen MR) is 72.8 cm³/mol. The van der Waals surface area contributed by atoms with Gasteiger partial charge < -0.3 is 25.5 Å². The Morgan fingerprint density at radius 2 is 1.90 bits per heavy atom. The molecule has 0 fully saturated rings. The molecule has 0 amide bonds. The van der Waals surface area contributed by atoms with Crippen molar-refractivity contribution in [2.24, 2.45) is 10.9 Å². The van der Waals surface area contributed by atoms with Crippen molar-refractivity contribution < 1.29 is 35.1 Å². The average Bonchev–Trinajstić information content (AvgIpc) is 2.33. The van der Waals surface area contributed by atoms with Gasteiger partial charge in [0.05, 0.1) is 18.6 Å². The third kappa shape index (κ3) is 9.08. The van der Waals surface area contributed by atoms with E-state index in [2.05, 4.69) is 10.3 Å². The zero-order chi connectivity index (χ0) is 16.6. The number of aliphatic hydroxyl groups is 3. The quantitative estimate of drug-likeness (QED) is 0.213. The van der Waals surface area contributed by atoms with Crippen molar-refractivity contribution in [3.63, 3.8) is 0 Å². The number of carboxylic acids is 2. The van der Waals surface area contributed by atoms with Crippen molar-refractivity contribution in [1.29, 1.82) is 0 Å². The Hall–Kier alpha value is -1.55. The molecule has 0 saturated heterocycles. The van der Waals surface area contributed by atoms with Crippen molar-refractivity contribution >= 4 is 18.2 Å². The van der Waals surface area contributed by atoms with Gasteiger partial charge in [0.25, 0.3) is 0 Å². The van der Waals surface area contributed by atoms with E-state index in [-0.39, 0.29) is 12.8 Å². The van der Waals surface area contributed by atoms with E-state index in [1.54, 1.807) is 0 Å². The number of aliphatic imine (C=N–C) groups is 1. The summed E-state index contributed by atoms with van der Waals surface area (Å²) in [5.74, 6) is -3.55. The summed E-state index contributed by atoms with van der Waals surface area (Å²) in [7, 11) is 0. The van der Waals surface area contributed by atoms with Gasteiger partial charge >= 0.3 is 11.9 Å². The highest BCUT2D eigenvalue weighted by Gasteiger charge is 2.24. The molecule has 3 atom stereocenters. The maximum absolute atomic E-state index is 10.9. The number of hydrogen-bond acceptors (Lipinski definition) is 7. The summed E-state index contributed by atoms with van der Waals surface area (Å²) in [6, 6.07) is -0.991. The molecule has 0 aromatic carbocycles. The van der Waals surface area contributed by atoms with Gasteiger partial charge in [-0.05, 0) is 20.3 Å². The molecule has 0 aromatic heterocycles. The topological polar surface area (TPSA) is 160 Å². The molecule has 9 nitrogen and oxygen atoms in total. The zero-order valence-corrected chi connectivity index (χ0v) is 11.9. The Morgan fingerprint density at radius 3 is 2.29 bits per heavy atom. The lowest BCUT2D eigenvalue weighted by molar-refractivity contribution is -0.140. The lowest BCUT2D eigenvalue weighted by atomic mass is 10.1. The highest BCUT2D eigenvalue weighted by Crippen LogP contribution is 2.07. The van der Waals surface area contributed by atoms with Crippen molar-refractivity contribution in [3.8, 4) is 0 Å². The Balaban J connectivity index is 4.70. The molecule has 0 aromatic rings. The summed E-state index contributed by atoms with van der Waals surface area (Å²) in [6.07, 6.45) is -1.05. The maximum Gasteiger partial charge on any atom is 0.311 e. The fourth-order valence-corrected chi connectivity index (χ4v) is 1.50. The highest BCUT2D eigenvalue weighted by atomic mass is 16.4. The van der Waals surface area contributed by atoms with Crippen LogP contribution in [0.2, 0.25) is 0 Å². The third-order valence-electron chi connectivity index (χ3n) is 2.50. The molecule has 0 aliphatic carbocycles. The van der Waals surface area contributed by atoms with E-state index in [1.165, 1.54) is 13.8 Å². The van der Waals surface area contributed by atoms with Gasteiger partial charge in [0.15, 0.2) is 6.23 Å². The summed E-state index contributed by atoms with van der Waals surface area (Å²) in [4.78, 5) is 24.9. The number of nitrogens with one attached hydrogen (secondary N) is 1. The van der Waals surface area contributed by atoms with Crippen LogP contribution in [0.5, 0.6) is 0 Å². The maximum atomic E-state index is 10.9. The van der Waals surface area contributed by atoms with E-state index < -0.39 is 42.5 Å². The standard InChI is InChI=1S/C12H22N2O7/c1-12(2,21)14-8(6-15)10(18)13-5-7(11(19)20)3-4-9(16)17/h5,7-8,10,14-15,18,21H,3-4,6H2,1-2H3,(H,16,17)(H,19,20)/t7-,8-,10-/m0/s1. The molecule has 0 bridgehead atoms. The van der Waals surface area contributed by atoms with Crippen LogP contribution in [0.4, 0.5) is 0 Å². The number of carbonyl (C=O) groups is 2. The summed E-state index contributed by atoms with van der Waals surface area (Å²) in [5.41, 5.74) is -1.36. The molecular weight excluding hydrogens is 284 g/mol. The molecule has 0 heterocycles. The summed E-state index contributed by atoms with van der Waals surface area (Å²) in [6.45, 7) is 2.27. The molecule has 0 unspecified atom stereocenters. The lowest BCUT2D eigenvalue weighted by Gasteiger charge is -2.27. The smallest absolute Gasteiger partial charge is 0.311 e. The Bertz CT molecular complexity index is 378. The normalized spacial score (nSPS) is 16.6. The lowest BCUT2D eigenvalue weighted by Crippen LogP contribution is -2.52. The van der Waals surface area contributed by atoms with Crippen LogP contribution >= 0.6 is 0 Å². The van der Waals surface area contributed by atoms with Crippen LogP contribution in [0.3, 0.4) is 0 Å². The molecular formula is C12H22N2O7. The zero-order valence-electron chi connectivity index (χ0n) is 11.9. The number of nitrogens with zero attached hydrogens (tertiary/aromatic N) is 1. The minimum Gasteiger partial charge on any atom is -0.481 e. The van der Waals surface area contributed by atoms with Gasteiger partial charge in [-0.1, -0.05) is 0 Å². The first-order valence-corrected chi connectivity index (χ1v) is 6.33. The minimum absolute atomic E-state index is 0.163. The number of carboxylic acid groups (broad SMARTS) is 2. The van der Waals surface area contributed by atoms with Gasteiger partial charge in [0, 0.05) is 12.6 Å². The first-order chi connectivity index (χ1) is 9.56. The van der Waals surface area contributed by atoms with Gasteiger partial charge in [-0.2, -0.15) is 0 Å². The fraction of sp³-hybridized carbons (Fsp3) is 0.750. The molecule has 0 rings (SSSR count). The number of aliphatic carboxylic acids is 2. The first kappa shape index (κ1) is 19.4. The van der Waals surface area contributed by atoms with Crippen LogP contribution in [-0.4, -0.2) is 68.3 Å². The number of rotatable bonds is 10. The second-order valence-corrected chi connectivity index (χ2v) is 5.08. The van der Waals surface area contributed by atoms with E-state index in [4.69, 9.17) is 15.3 Å². The van der Waals surface area contributed by atoms with Crippen LogP contribution < -0.4 is 5.32 Å². The van der Waals surface area contributed by atoms with Gasteiger partial charge in [-0.15, -0.1) is 0 Å². The molecule has 9 heteroatoms. The van der Waals surface area contributed by atoms with E-state index >= 15 is 0 Å². The average molecular weight is 306 g/mol. The molecule has 0 aliphatic heterocycles. The molecule has 0 aliphatic rings. The summed E-state index contributed by atoms with van der Waals surface area (Å²) in [5, 5.41) is 48.3. The fourth-order valence-electron chi connectivity index (χ4n) is 1.50. The van der Waals surface area contributed by atoms with E-state index in [9.17, 15) is 19.8 Å². The van der Waals surface area contributed by atoms with Crippen LogP contribution in [0.15, 0.2) is 4.99 Å². The van der Waals surface area contributed by atoms with Gasteiger partial charge in [0.1, 0.15) is 5.72 Å². The molecule has 0 spiro atoms. The Labute approximate surface area is 121 Å². The van der Waals surface area contributed by atoms with Crippen molar-refractivity contribution in [3.05, 3.63) is 0 Å². The van der Waals surface area contributed by atoms with Gasteiger partial charge in [-0.25, -0.2) is 0 Å². The Kier molecular flexibility index (Phi) is 8.03. The number of hydrogen-bond donors (Lipinski definition) is 6. The van der Waals surface area contributed by atoms with Crippen LogP contribution in [0.25, 0.3) is 0 Å². The van der Waals surface area contributed by atoms with Crippen molar-refractivity contribution in [2.75, 3.05) is 6.61 Å². The van der Waals surface area contributed by atoms with E-state index in [0.717, 1.165) is 6.21 Å². The van der Waals surface area contributed by atoms with E-state index in [0.29, 0.717) is 0 Å². The molecule has 0 saturated carbocycles. The van der Waals surface area contributed by atoms with Crippen molar-refractivity contribution in [1.82, 2.24) is 5.32 Å². The van der Waals surface area contributed by atoms with E-state index in [1.807, 2.05) is 0 Å². The minimum atomic E-state index is -1.48. The summed E-state index contributed by atoms with van der Waals surface area (Å²) < 4.78 is 0. The molecule has 122 valence electrons. The summed E-state index contributed by atoms with van der Waals surface area (Å²) >= 11 is 0. The second kappa shape index (κ2) is 8.67. The largest absolute Gasteiger partial charge is 0.481 e. The van der Waals surface area contributed by atoms with Crippen LogP contribution in [0, 0.1) is 5.92 Å². The van der Waals surface area contributed by atoms with Crippen LogP contribution in [0.1, 0.15) is 26.7 Å². The van der Waals surface area contributed by atoms with Gasteiger partial charge in [-0.3, -0.25) is 19.9 Å². The van der Waals surface area contributed by atoms with Crippen molar-refractivity contribution in [2.45, 2.75) is 44.7 Å². The third-order valence-corrected chi connectivity index (χ3v) is 2.50. The monoisotopic (exact) mass is 306 g/mol. The highest BCUT2D eigenvalue weighted by molar-refractivity contribution is 5.89. The van der Waals surface area contributed by atoms with Crippen LogP contribution in [-0.2, 0) is 9.59 Å². The second-order valence-electron chi connectivity index (χ2n) is 5.08. The predicted octanol–water partition coefficient (Wildman–Crippen LogP) is -1.38. The SMILES string of the molecule is CC(C)(O)N[C@@H](CO)[C@H](O)N=C[C@H](CCC(=O)O)C(=O)O. The number of aliphatic hydroxyl groups excluding tert-OH is 2. The molecule has 21 heavy (non-hydrogen) atoms.